The number of hydrogen-bond donors (Lipinski definition) is 0. The Kier molecular flexibility index (Phi) is 3.38. The van der Waals surface area contributed by atoms with Crippen molar-refractivity contribution in [2.24, 2.45) is 0 Å². The minimum Gasteiger partial charge on any atom is -0.294 e. The topological polar surface area (TPSA) is 51.4 Å². The number of carbonyl (C=O) groups is 2. The van der Waals surface area contributed by atoms with Crippen LogP contribution in [0.3, 0.4) is 0 Å². The predicted molar refractivity (Wildman–Crippen MR) is 77.8 cm³/mol. The number of carbonyl (C=O) groups excluding carboxylic acids is 2. The van der Waals surface area contributed by atoms with Crippen molar-refractivity contribution in [3.8, 4) is 0 Å². The zero-order valence-corrected chi connectivity index (χ0v) is 11.8. The standard InChI is InChI=1S/C14H9ClN2O2S/c15-14-5-9(8-20-14)12(18)6-13(19)10-7-16-17-4-2-1-3-11(10)17/h1-5,7-8H,6H2. The summed E-state index contributed by atoms with van der Waals surface area (Å²) >= 11 is 7.06. The number of pyridine rings is 1. The first-order chi connectivity index (χ1) is 9.65. The van der Waals surface area contributed by atoms with Crippen LogP contribution in [-0.4, -0.2) is 21.2 Å². The molecule has 0 saturated heterocycles. The second kappa shape index (κ2) is 5.19. The highest BCUT2D eigenvalue weighted by molar-refractivity contribution is 7.14. The zero-order valence-electron chi connectivity index (χ0n) is 10.2. The van der Waals surface area contributed by atoms with Gasteiger partial charge in [-0.2, -0.15) is 5.10 Å². The summed E-state index contributed by atoms with van der Waals surface area (Å²) in [5.74, 6) is -0.466. The van der Waals surface area contributed by atoms with Gasteiger partial charge in [-0.3, -0.25) is 9.59 Å². The Balaban J connectivity index is 1.84. The van der Waals surface area contributed by atoms with Crippen LogP contribution in [0.1, 0.15) is 27.1 Å². The normalized spacial score (nSPS) is 10.8. The van der Waals surface area contributed by atoms with Crippen molar-refractivity contribution in [2.45, 2.75) is 6.42 Å². The molecule has 0 saturated carbocycles. The van der Waals surface area contributed by atoms with Crippen molar-refractivity contribution in [2.75, 3.05) is 0 Å². The molecule has 3 aromatic rings. The van der Waals surface area contributed by atoms with Gasteiger partial charge >= 0.3 is 0 Å². The highest BCUT2D eigenvalue weighted by Crippen LogP contribution is 2.22. The van der Waals surface area contributed by atoms with Crippen LogP contribution in [0.25, 0.3) is 5.52 Å². The smallest absolute Gasteiger partial charge is 0.174 e. The summed E-state index contributed by atoms with van der Waals surface area (Å²) in [6.07, 6.45) is 3.07. The van der Waals surface area contributed by atoms with Crippen LogP contribution < -0.4 is 0 Å². The third-order valence-corrected chi connectivity index (χ3v) is 4.03. The second-order valence-corrected chi connectivity index (χ2v) is 5.79. The van der Waals surface area contributed by atoms with Gasteiger partial charge in [0.15, 0.2) is 11.6 Å². The van der Waals surface area contributed by atoms with E-state index in [-0.39, 0.29) is 18.0 Å². The molecule has 0 fully saturated rings. The van der Waals surface area contributed by atoms with Gasteiger partial charge in [-0.1, -0.05) is 17.7 Å². The van der Waals surface area contributed by atoms with Crippen molar-refractivity contribution in [1.82, 2.24) is 9.61 Å². The molecule has 0 radical (unpaired) electrons. The van der Waals surface area contributed by atoms with Crippen LogP contribution in [0.15, 0.2) is 42.0 Å². The van der Waals surface area contributed by atoms with Gasteiger partial charge in [-0.15, -0.1) is 11.3 Å². The van der Waals surface area contributed by atoms with Gasteiger partial charge in [0.2, 0.25) is 0 Å². The van der Waals surface area contributed by atoms with Crippen molar-refractivity contribution < 1.29 is 9.59 Å². The Hall–Kier alpha value is -1.98. The molecule has 3 aromatic heterocycles. The lowest BCUT2D eigenvalue weighted by Gasteiger charge is -1.98. The highest BCUT2D eigenvalue weighted by Gasteiger charge is 2.18. The Labute approximate surface area is 123 Å². The minimum absolute atomic E-state index is 0.177. The first kappa shape index (κ1) is 13.0. The first-order valence-corrected chi connectivity index (χ1v) is 7.14. The number of halogens is 1. The third-order valence-electron chi connectivity index (χ3n) is 2.94. The molecule has 0 bridgehead atoms. The highest BCUT2D eigenvalue weighted by atomic mass is 35.5. The average Bonchev–Trinajstić information content (AvgIpc) is 3.04. The summed E-state index contributed by atoms with van der Waals surface area (Å²) in [4.78, 5) is 24.2. The van der Waals surface area contributed by atoms with Crippen LogP contribution in [0.4, 0.5) is 0 Å². The monoisotopic (exact) mass is 304 g/mol. The van der Waals surface area contributed by atoms with E-state index < -0.39 is 0 Å². The van der Waals surface area contributed by atoms with Gasteiger partial charge in [-0.05, 0) is 18.2 Å². The van der Waals surface area contributed by atoms with Crippen molar-refractivity contribution in [3.05, 3.63) is 57.5 Å². The Bertz CT molecular complexity index is 806. The lowest BCUT2D eigenvalue weighted by Crippen LogP contribution is -2.07. The minimum atomic E-state index is -0.237. The molecule has 0 aromatic carbocycles. The van der Waals surface area contributed by atoms with Crippen LogP contribution in [0, 0.1) is 0 Å². The molecule has 0 N–H and O–H groups in total. The molecule has 4 nitrogen and oxygen atoms in total. The number of rotatable bonds is 4. The number of ketones is 2. The van der Waals surface area contributed by atoms with Gasteiger partial charge in [0.05, 0.1) is 28.0 Å². The van der Waals surface area contributed by atoms with Gasteiger partial charge < -0.3 is 0 Å². The SMILES string of the molecule is O=C(CC(=O)c1cnn2ccccc12)c1csc(Cl)c1. The van der Waals surface area contributed by atoms with E-state index in [1.54, 1.807) is 28.2 Å². The molecular formula is C14H9ClN2O2S. The van der Waals surface area contributed by atoms with Gasteiger partial charge in [-0.25, -0.2) is 4.52 Å². The van der Waals surface area contributed by atoms with E-state index in [9.17, 15) is 9.59 Å². The van der Waals surface area contributed by atoms with E-state index in [1.165, 1.54) is 17.5 Å². The van der Waals surface area contributed by atoms with Crippen molar-refractivity contribution >= 4 is 40.0 Å². The van der Waals surface area contributed by atoms with E-state index in [1.807, 2.05) is 12.1 Å². The molecule has 20 heavy (non-hydrogen) atoms. The fraction of sp³-hybridized carbons (Fsp3) is 0.0714. The maximum absolute atomic E-state index is 12.2. The number of aromatic nitrogens is 2. The summed E-state index contributed by atoms with van der Waals surface area (Å²) in [7, 11) is 0. The molecule has 100 valence electrons. The van der Waals surface area contributed by atoms with E-state index >= 15 is 0 Å². The Morgan fingerprint density at radius 3 is 2.90 bits per heavy atom. The van der Waals surface area contributed by atoms with Gasteiger partial charge in [0.25, 0.3) is 0 Å². The molecule has 6 heteroatoms. The molecule has 0 aliphatic rings. The van der Waals surface area contributed by atoms with E-state index in [0.29, 0.717) is 21.0 Å². The molecule has 0 unspecified atom stereocenters. The Morgan fingerprint density at radius 2 is 2.15 bits per heavy atom. The molecule has 0 amide bonds. The number of nitrogens with zero attached hydrogens (tertiary/aromatic N) is 2. The zero-order chi connectivity index (χ0) is 14.1. The summed E-state index contributed by atoms with van der Waals surface area (Å²) in [5, 5.41) is 5.75. The molecule has 0 spiro atoms. The van der Waals surface area contributed by atoms with E-state index in [4.69, 9.17) is 11.6 Å². The summed E-state index contributed by atoms with van der Waals surface area (Å²) in [6.45, 7) is 0. The first-order valence-electron chi connectivity index (χ1n) is 5.88. The van der Waals surface area contributed by atoms with Gasteiger partial charge in [0, 0.05) is 17.1 Å². The largest absolute Gasteiger partial charge is 0.294 e. The molecule has 0 aliphatic carbocycles. The number of Topliss-reactive ketones (excluding diaryl/α,β-unsaturated/α-hetero) is 2. The maximum atomic E-state index is 12.2. The average molecular weight is 305 g/mol. The molecule has 3 heterocycles. The quantitative estimate of drug-likeness (QED) is 0.547. The van der Waals surface area contributed by atoms with Crippen LogP contribution in [0.5, 0.6) is 0 Å². The fourth-order valence-electron chi connectivity index (χ4n) is 1.95. The summed E-state index contributed by atoms with van der Waals surface area (Å²) in [5.41, 5.74) is 1.64. The third kappa shape index (κ3) is 2.37. The predicted octanol–water partition coefficient (Wildman–Crippen LogP) is 3.50. The summed E-state index contributed by atoms with van der Waals surface area (Å²) < 4.78 is 2.15. The number of fused-ring (bicyclic) bond motifs is 1. The van der Waals surface area contributed by atoms with Crippen molar-refractivity contribution in [1.29, 1.82) is 0 Å². The number of thiophene rings is 1. The maximum Gasteiger partial charge on any atom is 0.174 e. The number of hydrogen-bond acceptors (Lipinski definition) is 4. The van der Waals surface area contributed by atoms with Crippen LogP contribution in [0.2, 0.25) is 4.34 Å². The molecular weight excluding hydrogens is 296 g/mol. The lowest BCUT2D eigenvalue weighted by molar-refractivity contribution is 0.0895. The summed E-state index contributed by atoms with van der Waals surface area (Å²) in [6, 6.07) is 7.03. The second-order valence-electron chi connectivity index (χ2n) is 4.25. The molecule has 3 rings (SSSR count). The van der Waals surface area contributed by atoms with Crippen LogP contribution in [-0.2, 0) is 0 Å². The fourth-order valence-corrected chi connectivity index (χ4v) is 2.83. The van der Waals surface area contributed by atoms with E-state index in [2.05, 4.69) is 5.10 Å². The van der Waals surface area contributed by atoms with Gasteiger partial charge in [0.1, 0.15) is 0 Å². The van der Waals surface area contributed by atoms with Crippen molar-refractivity contribution in [3.63, 3.8) is 0 Å². The van der Waals surface area contributed by atoms with E-state index in [0.717, 1.165) is 0 Å². The lowest BCUT2D eigenvalue weighted by atomic mass is 10.0. The van der Waals surface area contributed by atoms with Crippen LogP contribution >= 0.6 is 22.9 Å². The molecule has 0 atom stereocenters. The molecule has 0 aliphatic heterocycles. The Morgan fingerprint density at radius 1 is 1.30 bits per heavy atom.